The number of amides is 2. The van der Waals surface area contributed by atoms with E-state index < -0.39 is 11.8 Å². The first kappa shape index (κ1) is 25.0. The van der Waals surface area contributed by atoms with Gasteiger partial charge in [-0.25, -0.2) is 24.1 Å². The minimum Gasteiger partial charge on any atom is -0.352 e. The summed E-state index contributed by atoms with van der Waals surface area (Å²) in [4.78, 5) is 26.4. The maximum absolute atomic E-state index is 14.9. The summed E-state index contributed by atoms with van der Waals surface area (Å²) in [5.74, 6) is -0.805. The molecule has 192 valence electrons. The summed E-state index contributed by atoms with van der Waals surface area (Å²) in [5.41, 5.74) is 2.67. The Morgan fingerprint density at radius 3 is 2.84 bits per heavy atom. The van der Waals surface area contributed by atoms with Crippen LogP contribution in [0.3, 0.4) is 0 Å². The molecule has 37 heavy (non-hydrogen) atoms. The zero-order valence-corrected chi connectivity index (χ0v) is 21.3. The van der Waals surface area contributed by atoms with Gasteiger partial charge in [0.2, 0.25) is 11.9 Å². The van der Waals surface area contributed by atoms with Gasteiger partial charge < -0.3 is 20.9 Å². The number of thiophene rings is 1. The van der Waals surface area contributed by atoms with Crippen molar-refractivity contribution in [1.82, 2.24) is 30.5 Å². The highest BCUT2D eigenvalue weighted by atomic mass is 32.1. The molecule has 3 aromatic heterocycles. The van der Waals surface area contributed by atoms with E-state index in [1.165, 1.54) is 17.4 Å². The van der Waals surface area contributed by atoms with Crippen LogP contribution in [0.2, 0.25) is 0 Å². The van der Waals surface area contributed by atoms with E-state index in [9.17, 15) is 13.6 Å². The largest absolute Gasteiger partial charge is 0.352 e. The molecule has 0 aliphatic carbocycles. The molecule has 8 nitrogen and oxygen atoms in total. The second-order valence-electron chi connectivity index (χ2n) is 8.74. The molecule has 0 saturated carbocycles. The Labute approximate surface area is 217 Å². The molecule has 2 amide bonds. The van der Waals surface area contributed by atoms with E-state index in [0.29, 0.717) is 31.1 Å². The molecule has 1 aliphatic heterocycles. The van der Waals surface area contributed by atoms with E-state index in [4.69, 9.17) is 0 Å². The van der Waals surface area contributed by atoms with Gasteiger partial charge in [-0.05, 0) is 36.0 Å². The molecule has 3 N–H and O–H groups in total. The number of aromatic nitrogens is 3. The molecular weight excluding hydrogens is 496 g/mol. The first-order valence-electron chi connectivity index (χ1n) is 12.2. The highest BCUT2D eigenvalue weighted by Gasteiger charge is 2.20. The van der Waals surface area contributed by atoms with Crippen LogP contribution in [0.5, 0.6) is 0 Å². The molecule has 0 radical (unpaired) electrons. The SMILES string of the molecule is CCN[C@@H](C)c1cnc(F)cc1-c1cccc2cc(-c3nc(NCCN4CCNC4=O)ncc3F)sc12. The van der Waals surface area contributed by atoms with Crippen molar-refractivity contribution in [3.8, 4) is 21.7 Å². The number of fused-ring (bicyclic) bond motifs is 1. The number of halogens is 2. The van der Waals surface area contributed by atoms with E-state index in [1.807, 2.05) is 38.1 Å². The smallest absolute Gasteiger partial charge is 0.317 e. The average molecular weight is 524 g/mol. The minimum absolute atomic E-state index is 0.0256. The zero-order chi connectivity index (χ0) is 25.9. The van der Waals surface area contributed by atoms with Crippen molar-refractivity contribution in [3.63, 3.8) is 0 Å². The third-order valence-corrected chi connectivity index (χ3v) is 7.49. The predicted octanol–water partition coefficient (Wildman–Crippen LogP) is 4.81. The van der Waals surface area contributed by atoms with Crippen LogP contribution in [-0.2, 0) is 0 Å². The van der Waals surface area contributed by atoms with Gasteiger partial charge in [-0.3, -0.25) is 0 Å². The molecule has 11 heteroatoms. The van der Waals surface area contributed by atoms with Crippen molar-refractivity contribution in [2.45, 2.75) is 19.9 Å². The van der Waals surface area contributed by atoms with Gasteiger partial charge in [0.25, 0.3) is 0 Å². The Balaban J connectivity index is 1.47. The van der Waals surface area contributed by atoms with E-state index in [1.54, 1.807) is 11.1 Å². The number of hydrogen-bond acceptors (Lipinski definition) is 7. The Bertz CT molecular complexity index is 1440. The van der Waals surface area contributed by atoms with Crippen molar-refractivity contribution in [3.05, 3.63) is 60.1 Å². The standard InChI is InChI=1S/C26H27F2N7OS/c1-3-29-15(2)19-13-32-22(28)12-18(19)17-6-4-5-16-11-21(37-24(16)17)23-20(27)14-33-25(34-23)30-7-9-35-10-8-31-26(35)36/h4-6,11-15,29H,3,7-10H2,1-2H3,(H,31,36)(H,30,33,34)/t15-/m0/s1. The molecule has 0 spiro atoms. The van der Waals surface area contributed by atoms with Gasteiger partial charge in [0.05, 0.1) is 11.1 Å². The van der Waals surface area contributed by atoms with Crippen molar-refractivity contribution in [2.24, 2.45) is 0 Å². The lowest BCUT2D eigenvalue weighted by Crippen LogP contribution is -2.32. The van der Waals surface area contributed by atoms with Crippen LogP contribution in [0.25, 0.3) is 31.8 Å². The van der Waals surface area contributed by atoms with Crippen molar-refractivity contribution >= 4 is 33.4 Å². The molecule has 1 fully saturated rings. The van der Waals surface area contributed by atoms with E-state index in [2.05, 4.69) is 30.9 Å². The maximum atomic E-state index is 14.9. The van der Waals surface area contributed by atoms with Crippen LogP contribution >= 0.6 is 11.3 Å². The highest BCUT2D eigenvalue weighted by Crippen LogP contribution is 2.41. The number of pyridine rings is 1. The highest BCUT2D eigenvalue weighted by molar-refractivity contribution is 7.22. The van der Waals surface area contributed by atoms with Crippen LogP contribution < -0.4 is 16.0 Å². The number of benzene rings is 1. The Hall–Kier alpha value is -3.70. The molecule has 1 aliphatic rings. The number of nitrogens with zero attached hydrogens (tertiary/aromatic N) is 4. The lowest BCUT2D eigenvalue weighted by molar-refractivity contribution is 0.219. The number of carbonyl (C=O) groups is 1. The Kier molecular flexibility index (Phi) is 7.24. The summed E-state index contributed by atoms with van der Waals surface area (Å²) in [6.07, 6.45) is 2.71. The van der Waals surface area contributed by atoms with Crippen LogP contribution in [0.1, 0.15) is 25.5 Å². The third-order valence-electron chi connectivity index (χ3n) is 6.30. The van der Waals surface area contributed by atoms with Crippen molar-refractivity contribution in [1.29, 1.82) is 0 Å². The summed E-state index contributed by atoms with van der Waals surface area (Å²) in [5, 5.41) is 10.1. The number of hydrogen-bond donors (Lipinski definition) is 3. The summed E-state index contributed by atoms with van der Waals surface area (Å²) in [7, 11) is 0. The fourth-order valence-electron chi connectivity index (χ4n) is 4.48. The van der Waals surface area contributed by atoms with E-state index >= 15 is 0 Å². The van der Waals surface area contributed by atoms with Gasteiger partial charge in [-0.15, -0.1) is 11.3 Å². The number of anilines is 1. The van der Waals surface area contributed by atoms with Crippen LogP contribution in [0.4, 0.5) is 19.5 Å². The lowest BCUT2D eigenvalue weighted by atomic mass is 9.96. The first-order valence-corrected chi connectivity index (χ1v) is 13.0. The maximum Gasteiger partial charge on any atom is 0.317 e. The summed E-state index contributed by atoms with van der Waals surface area (Å²) in [6, 6.07) is 9.01. The first-order chi connectivity index (χ1) is 17.9. The summed E-state index contributed by atoms with van der Waals surface area (Å²) >= 11 is 1.40. The van der Waals surface area contributed by atoms with E-state index in [-0.39, 0.29) is 23.7 Å². The normalized spacial score (nSPS) is 14.3. The quantitative estimate of drug-likeness (QED) is 0.273. The van der Waals surface area contributed by atoms with Gasteiger partial charge in [0.1, 0.15) is 5.69 Å². The summed E-state index contributed by atoms with van der Waals surface area (Å²) < 4.78 is 30.0. The average Bonchev–Trinajstić information content (AvgIpc) is 3.51. The summed E-state index contributed by atoms with van der Waals surface area (Å²) in [6.45, 7) is 7.01. The van der Waals surface area contributed by atoms with Crippen LogP contribution in [-0.4, -0.2) is 58.6 Å². The lowest BCUT2D eigenvalue weighted by Gasteiger charge is -2.17. The Morgan fingerprint density at radius 2 is 2.05 bits per heavy atom. The fourth-order valence-corrected chi connectivity index (χ4v) is 5.66. The van der Waals surface area contributed by atoms with E-state index in [0.717, 1.165) is 39.5 Å². The van der Waals surface area contributed by atoms with Gasteiger partial charge in [0, 0.05) is 54.7 Å². The zero-order valence-electron chi connectivity index (χ0n) is 20.5. The molecule has 1 aromatic carbocycles. The molecule has 0 bridgehead atoms. The monoisotopic (exact) mass is 523 g/mol. The number of carbonyl (C=O) groups excluding carboxylic acids is 1. The van der Waals surface area contributed by atoms with Gasteiger partial charge >= 0.3 is 6.03 Å². The Morgan fingerprint density at radius 1 is 1.19 bits per heavy atom. The second kappa shape index (κ2) is 10.7. The number of nitrogens with one attached hydrogen (secondary N) is 3. The molecule has 1 saturated heterocycles. The van der Waals surface area contributed by atoms with Crippen LogP contribution in [0, 0.1) is 11.8 Å². The predicted molar refractivity (Wildman–Crippen MR) is 142 cm³/mol. The van der Waals surface area contributed by atoms with Crippen molar-refractivity contribution < 1.29 is 13.6 Å². The number of rotatable bonds is 9. The molecule has 4 heterocycles. The molecule has 4 aromatic rings. The minimum atomic E-state index is -0.555. The third kappa shape index (κ3) is 5.23. The topological polar surface area (TPSA) is 95.1 Å². The van der Waals surface area contributed by atoms with Gasteiger partial charge in [-0.1, -0.05) is 25.1 Å². The van der Waals surface area contributed by atoms with Crippen LogP contribution in [0.15, 0.2) is 42.7 Å². The fraction of sp³-hybridized carbons (Fsp3) is 0.308. The second-order valence-corrected chi connectivity index (χ2v) is 9.80. The van der Waals surface area contributed by atoms with Gasteiger partial charge in [-0.2, -0.15) is 4.39 Å². The molecule has 1 atom stereocenters. The molecule has 0 unspecified atom stereocenters. The van der Waals surface area contributed by atoms with Gasteiger partial charge in [0.15, 0.2) is 5.82 Å². The molecular formula is C26H27F2N7OS. The molecule has 5 rings (SSSR count). The van der Waals surface area contributed by atoms with Crippen molar-refractivity contribution in [2.75, 3.05) is 38.0 Å². The number of urea groups is 1.